The van der Waals surface area contributed by atoms with E-state index in [0.717, 1.165) is 36.6 Å². The maximum absolute atomic E-state index is 5.78. The monoisotopic (exact) mass is 338 g/mol. The van der Waals surface area contributed by atoms with E-state index in [1.807, 2.05) is 29.9 Å². The van der Waals surface area contributed by atoms with Gasteiger partial charge in [0.25, 0.3) is 0 Å². The average Bonchev–Trinajstić information content (AvgIpc) is 3.24. The smallest absolute Gasteiger partial charge is 0.221 e. The maximum Gasteiger partial charge on any atom is 0.221 e. The number of hydrogen-bond acceptors (Lipinski definition) is 6. The molecule has 0 aliphatic heterocycles. The Morgan fingerprint density at radius 3 is 2.68 bits per heavy atom. The van der Waals surface area contributed by atoms with E-state index < -0.39 is 0 Å². The van der Waals surface area contributed by atoms with E-state index >= 15 is 0 Å². The molecule has 2 heterocycles. The largest absolute Gasteiger partial charge is 0.370 e. The van der Waals surface area contributed by atoms with Crippen LogP contribution in [0.4, 0.5) is 11.6 Å². The molecule has 0 saturated heterocycles. The van der Waals surface area contributed by atoms with Crippen LogP contribution in [-0.4, -0.2) is 44.0 Å². The molecule has 0 spiro atoms. The van der Waals surface area contributed by atoms with Gasteiger partial charge < -0.3 is 10.6 Å². The molecule has 2 aromatic heterocycles. The summed E-state index contributed by atoms with van der Waals surface area (Å²) < 4.78 is 3.40. The Morgan fingerprint density at radius 2 is 2.08 bits per heavy atom. The number of nitrogens with zero attached hydrogens (tertiary/aromatic N) is 7. The summed E-state index contributed by atoms with van der Waals surface area (Å²) in [6.45, 7) is 6.62. The van der Waals surface area contributed by atoms with Crippen LogP contribution in [0.1, 0.15) is 18.2 Å². The predicted octanol–water partition coefficient (Wildman–Crippen LogP) is 1.77. The maximum atomic E-state index is 5.78. The van der Waals surface area contributed by atoms with E-state index in [9.17, 15) is 0 Å². The second kappa shape index (κ2) is 7.61. The Hall–Kier alpha value is -3.16. The summed E-state index contributed by atoms with van der Waals surface area (Å²) in [7, 11) is 0. The van der Waals surface area contributed by atoms with Gasteiger partial charge in [0.1, 0.15) is 0 Å². The minimum absolute atomic E-state index is 0.385. The predicted molar refractivity (Wildman–Crippen MR) is 98.7 cm³/mol. The number of aryl methyl sites for hydroxylation is 1. The molecule has 3 aromatic rings. The lowest BCUT2D eigenvalue weighted by Gasteiger charge is -2.23. The summed E-state index contributed by atoms with van der Waals surface area (Å²) >= 11 is 0. The van der Waals surface area contributed by atoms with Gasteiger partial charge in [0, 0.05) is 25.0 Å². The van der Waals surface area contributed by atoms with Gasteiger partial charge in [-0.2, -0.15) is 5.10 Å². The van der Waals surface area contributed by atoms with Crippen molar-refractivity contribution in [3.63, 3.8) is 0 Å². The van der Waals surface area contributed by atoms with Crippen LogP contribution in [-0.2, 0) is 6.54 Å². The van der Waals surface area contributed by atoms with E-state index in [2.05, 4.69) is 44.4 Å². The topological polar surface area (TPSA) is 90.1 Å². The molecule has 0 atom stereocenters. The molecule has 0 radical (unpaired) electrons. The number of nitrogens with two attached hydrogens (primary N) is 1. The number of aromatic nitrogens is 5. The van der Waals surface area contributed by atoms with Gasteiger partial charge in [-0.1, -0.05) is 17.3 Å². The number of hydrogen-bond donors (Lipinski definition) is 1. The Morgan fingerprint density at radius 1 is 1.28 bits per heavy atom. The first-order valence-electron chi connectivity index (χ1n) is 8.20. The normalized spacial score (nSPS) is 11.3. The third kappa shape index (κ3) is 4.23. The summed E-state index contributed by atoms with van der Waals surface area (Å²) in [4.78, 5) is 6.41. The highest BCUT2D eigenvalue weighted by molar-refractivity contribution is 5.80. The first-order valence-corrected chi connectivity index (χ1v) is 8.20. The summed E-state index contributed by atoms with van der Waals surface area (Å²) in [6.07, 6.45) is 7.13. The molecule has 8 heteroatoms. The van der Waals surface area contributed by atoms with Gasteiger partial charge in [0.2, 0.25) is 5.95 Å². The summed E-state index contributed by atoms with van der Waals surface area (Å²) in [6, 6.07) is 8.26. The Bertz CT molecular complexity index is 817. The molecule has 0 saturated carbocycles. The lowest BCUT2D eigenvalue weighted by atomic mass is 10.2. The van der Waals surface area contributed by atoms with Crippen LogP contribution in [0, 0.1) is 6.92 Å². The SMILES string of the molecule is CCN(CCn1ccnn1)c1ccc(C=Nn2cc(C)nc2N)cc1. The zero-order valence-electron chi connectivity index (χ0n) is 14.4. The van der Waals surface area contributed by atoms with Crippen LogP contribution < -0.4 is 10.6 Å². The van der Waals surface area contributed by atoms with Crippen molar-refractivity contribution in [3.05, 3.63) is 54.1 Å². The Labute approximate surface area is 146 Å². The fourth-order valence-corrected chi connectivity index (χ4v) is 2.54. The summed E-state index contributed by atoms with van der Waals surface area (Å²) in [5.74, 6) is 0.385. The minimum atomic E-state index is 0.385. The fraction of sp³-hybridized carbons (Fsp3) is 0.294. The van der Waals surface area contributed by atoms with Crippen LogP contribution in [0.25, 0.3) is 0 Å². The van der Waals surface area contributed by atoms with Gasteiger partial charge in [0.15, 0.2) is 0 Å². The van der Waals surface area contributed by atoms with E-state index in [1.165, 1.54) is 0 Å². The molecule has 0 aliphatic carbocycles. The second-order valence-electron chi connectivity index (χ2n) is 5.67. The van der Waals surface area contributed by atoms with Crippen LogP contribution in [0.3, 0.4) is 0 Å². The van der Waals surface area contributed by atoms with Crippen molar-refractivity contribution < 1.29 is 0 Å². The van der Waals surface area contributed by atoms with Crippen molar-refractivity contribution in [2.75, 3.05) is 23.7 Å². The molecule has 0 unspecified atom stereocenters. The van der Waals surface area contributed by atoms with Crippen molar-refractivity contribution >= 4 is 17.9 Å². The highest BCUT2D eigenvalue weighted by Crippen LogP contribution is 2.15. The van der Waals surface area contributed by atoms with Crippen LogP contribution in [0.5, 0.6) is 0 Å². The number of imidazole rings is 1. The third-order valence-corrected chi connectivity index (χ3v) is 3.88. The van der Waals surface area contributed by atoms with Gasteiger partial charge in [-0.3, -0.25) is 4.68 Å². The van der Waals surface area contributed by atoms with Crippen molar-refractivity contribution in [3.8, 4) is 0 Å². The molecule has 0 aliphatic rings. The van der Waals surface area contributed by atoms with Gasteiger partial charge in [-0.05, 0) is 31.5 Å². The molecular weight excluding hydrogens is 316 g/mol. The van der Waals surface area contributed by atoms with Gasteiger partial charge in [-0.25, -0.2) is 9.66 Å². The lowest BCUT2D eigenvalue weighted by Crippen LogP contribution is -2.27. The standard InChI is InChI=1S/C17H22N8/c1-3-23(10-11-24-9-8-19-22-24)16-6-4-15(5-7-16)12-20-25-13-14(2)21-17(25)18/h4-9,12-13H,3,10-11H2,1-2H3,(H2,18,21). The quantitative estimate of drug-likeness (QED) is 0.663. The van der Waals surface area contributed by atoms with Crippen molar-refractivity contribution in [2.45, 2.75) is 20.4 Å². The Kier molecular flexibility index (Phi) is 5.08. The fourth-order valence-electron chi connectivity index (χ4n) is 2.54. The molecule has 1 aromatic carbocycles. The van der Waals surface area contributed by atoms with Crippen LogP contribution in [0.15, 0.2) is 48.0 Å². The van der Waals surface area contributed by atoms with Gasteiger partial charge >= 0.3 is 0 Å². The number of nitrogen functional groups attached to an aromatic ring is 1. The third-order valence-electron chi connectivity index (χ3n) is 3.88. The van der Waals surface area contributed by atoms with Crippen LogP contribution >= 0.6 is 0 Å². The summed E-state index contributed by atoms with van der Waals surface area (Å²) in [5, 5.41) is 12.2. The van der Waals surface area contributed by atoms with Crippen LogP contribution in [0.2, 0.25) is 0 Å². The molecule has 0 bridgehead atoms. The number of likely N-dealkylation sites (N-methyl/N-ethyl adjacent to an activating group) is 1. The molecule has 0 fully saturated rings. The van der Waals surface area contributed by atoms with Gasteiger partial charge in [0.05, 0.1) is 30.8 Å². The number of anilines is 2. The first kappa shape index (κ1) is 16.7. The van der Waals surface area contributed by atoms with Crippen molar-refractivity contribution in [2.24, 2.45) is 5.10 Å². The van der Waals surface area contributed by atoms with Crippen molar-refractivity contribution in [1.82, 2.24) is 24.7 Å². The molecule has 2 N–H and O–H groups in total. The number of benzene rings is 1. The molecule has 3 rings (SSSR count). The first-order chi connectivity index (χ1) is 12.2. The second-order valence-corrected chi connectivity index (χ2v) is 5.67. The average molecular weight is 338 g/mol. The molecule has 0 amide bonds. The molecule has 25 heavy (non-hydrogen) atoms. The van der Waals surface area contributed by atoms with Crippen molar-refractivity contribution in [1.29, 1.82) is 0 Å². The molecular formula is C17H22N8. The molecule has 130 valence electrons. The van der Waals surface area contributed by atoms with E-state index in [1.54, 1.807) is 23.3 Å². The minimum Gasteiger partial charge on any atom is -0.370 e. The van der Waals surface area contributed by atoms with E-state index in [4.69, 9.17) is 5.73 Å². The summed E-state index contributed by atoms with van der Waals surface area (Å²) in [5.41, 5.74) is 8.79. The highest BCUT2D eigenvalue weighted by atomic mass is 15.4. The lowest BCUT2D eigenvalue weighted by molar-refractivity contribution is 0.579. The van der Waals surface area contributed by atoms with Gasteiger partial charge in [-0.15, -0.1) is 5.10 Å². The highest BCUT2D eigenvalue weighted by Gasteiger charge is 2.05. The zero-order chi connectivity index (χ0) is 17.6. The molecule has 8 nitrogen and oxygen atoms in total. The Balaban J connectivity index is 1.64. The zero-order valence-corrected chi connectivity index (χ0v) is 14.4. The van der Waals surface area contributed by atoms with E-state index in [-0.39, 0.29) is 0 Å². The number of rotatable bonds is 7. The van der Waals surface area contributed by atoms with E-state index in [0.29, 0.717) is 5.95 Å².